The first-order chi connectivity index (χ1) is 19.6. The summed E-state index contributed by atoms with van der Waals surface area (Å²) in [5.74, 6) is -3.86. The number of rotatable bonds is 6. The lowest BCUT2D eigenvalue weighted by Crippen LogP contribution is -2.37. The van der Waals surface area contributed by atoms with Crippen LogP contribution in [0.4, 0.5) is 33.6 Å². The first-order valence-electron chi connectivity index (χ1n) is 12.8. The van der Waals surface area contributed by atoms with Crippen LogP contribution in [-0.2, 0) is 4.79 Å². The highest BCUT2D eigenvalue weighted by atomic mass is 19.4. The highest BCUT2D eigenvalue weighted by Gasteiger charge is 2.38. The number of carbonyl (C=O) groups excluding carboxylic acids is 2. The van der Waals surface area contributed by atoms with E-state index in [4.69, 9.17) is 19.9 Å². The molecule has 1 amide bonds. The van der Waals surface area contributed by atoms with E-state index in [2.05, 4.69) is 10.3 Å². The molecule has 1 aliphatic heterocycles. The first-order valence-corrected chi connectivity index (χ1v) is 12.8. The van der Waals surface area contributed by atoms with E-state index in [0.29, 0.717) is 48.6 Å². The molecule has 42 heavy (non-hydrogen) atoms. The average molecular weight is 597 g/mol. The number of anilines is 2. The van der Waals surface area contributed by atoms with Crippen molar-refractivity contribution in [3.05, 3.63) is 53.4 Å². The SMILES string of the molecule is CC(C)Nc1nc2cc(C(=O)N(C)C)ncc2nc1N1CCC(C(=O)c2cc(F)cc(F)c2)CC1.O=C(O)C(F)(F)F. The van der Waals surface area contributed by atoms with E-state index in [-0.39, 0.29) is 34.9 Å². The quantitative estimate of drug-likeness (QED) is 0.311. The molecule has 0 radical (unpaired) electrons. The smallest absolute Gasteiger partial charge is 0.475 e. The zero-order chi connectivity index (χ0) is 31.4. The molecule has 10 nitrogen and oxygen atoms in total. The fourth-order valence-corrected chi connectivity index (χ4v) is 4.17. The first kappa shape index (κ1) is 32.1. The molecule has 0 aliphatic carbocycles. The second-order valence-corrected chi connectivity index (χ2v) is 10.0. The average Bonchev–Trinajstić information content (AvgIpc) is 2.90. The Morgan fingerprint density at radius 1 is 1.00 bits per heavy atom. The van der Waals surface area contributed by atoms with Crippen LogP contribution >= 0.6 is 0 Å². The van der Waals surface area contributed by atoms with Crippen molar-refractivity contribution in [2.24, 2.45) is 5.92 Å². The van der Waals surface area contributed by atoms with E-state index >= 15 is 0 Å². The molecule has 1 aliphatic rings. The van der Waals surface area contributed by atoms with Gasteiger partial charge in [0.1, 0.15) is 22.8 Å². The molecule has 0 spiro atoms. The van der Waals surface area contributed by atoms with Gasteiger partial charge in [0.05, 0.1) is 11.7 Å². The molecule has 1 fully saturated rings. The highest BCUT2D eigenvalue weighted by Crippen LogP contribution is 2.31. The summed E-state index contributed by atoms with van der Waals surface area (Å²) in [5.41, 5.74) is 1.45. The number of hydrogen-bond acceptors (Lipinski definition) is 8. The van der Waals surface area contributed by atoms with Gasteiger partial charge in [0.25, 0.3) is 5.91 Å². The van der Waals surface area contributed by atoms with Crippen molar-refractivity contribution in [2.75, 3.05) is 37.4 Å². The number of nitrogens with one attached hydrogen (secondary N) is 1. The Kier molecular flexibility index (Phi) is 9.96. The van der Waals surface area contributed by atoms with Crippen LogP contribution < -0.4 is 10.2 Å². The third-order valence-electron chi connectivity index (χ3n) is 6.14. The van der Waals surface area contributed by atoms with Crippen LogP contribution in [0.5, 0.6) is 0 Å². The van der Waals surface area contributed by atoms with E-state index in [9.17, 15) is 31.5 Å². The van der Waals surface area contributed by atoms with Crippen molar-refractivity contribution in [1.82, 2.24) is 19.9 Å². The van der Waals surface area contributed by atoms with Crippen LogP contribution in [0.25, 0.3) is 11.0 Å². The van der Waals surface area contributed by atoms with Crippen LogP contribution in [0.15, 0.2) is 30.5 Å². The number of piperidine rings is 1. The van der Waals surface area contributed by atoms with Crippen molar-refractivity contribution in [2.45, 2.75) is 38.9 Å². The predicted molar refractivity (Wildman–Crippen MR) is 143 cm³/mol. The van der Waals surface area contributed by atoms with Crippen molar-refractivity contribution >= 4 is 40.3 Å². The van der Waals surface area contributed by atoms with Crippen molar-refractivity contribution in [3.63, 3.8) is 0 Å². The molecular weight excluding hydrogens is 567 g/mol. The van der Waals surface area contributed by atoms with E-state index in [0.717, 1.165) is 18.2 Å². The summed E-state index contributed by atoms with van der Waals surface area (Å²) in [5, 5.41) is 10.5. The van der Waals surface area contributed by atoms with Crippen molar-refractivity contribution in [3.8, 4) is 0 Å². The largest absolute Gasteiger partial charge is 0.490 e. The molecule has 1 aromatic carbocycles. The second-order valence-electron chi connectivity index (χ2n) is 10.0. The van der Waals surface area contributed by atoms with Gasteiger partial charge in [-0.1, -0.05) is 0 Å². The number of hydrogen-bond donors (Lipinski definition) is 2. The monoisotopic (exact) mass is 596 g/mol. The summed E-state index contributed by atoms with van der Waals surface area (Å²) >= 11 is 0. The van der Waals surface area contributed by atoms with Crippen molar-refractivity contribution < 1.29 is 41.4 Å². The maximum absolute atomic E-state index is 13.6. The predicted octanol–water partition coefficient (Wildman–Crippen LogP) is 4.56. The minimum atomic E-state index is -5.08. The Morgan fingerprint density at radius 3 is 2.07 bits per heavy atom. The topological polar surface area (TPSA) is 129 Å². The lowest BCUT2D eigenvalue weighted by Gasteiger charge is -2.33. The summed E-state index contributed by atoms with van der Waals surface area (Å²) in [4.78, 5) is 51.3. The summed E-state index contributed by atoms with van der Waals surface area (Å²) in [6.07, 6.45) is -2.50. The zero-order valence-corrected chi connectivity index (χ0v) is 23.2. The maximum atomic E-state index is 13.6. The number of halogens is 5. The number of Topliss-reactive ketones (excluding diaryl/α,β-unsaturated/α-hetero) is 1. The molecule has 226 valence electrons. The van der Waals surface area contributed by atoms with Gasteiger partial charge in [-0.05, 0) is 44.9 Å². The number of fused-ring (bicyclic) bond motifs is 1. The fourth-order valence-electron chi connectivity index (χ4n) is 4.17. The van der Waals surface area contributed by atoms with Gasteiger partial charge in [-0.15, -0.1) is 0 Å². The van der Waals surface area contributed by atoms with Crippen LogP contribution in [-0.4, -0.2) is 82.0 Å². The zero-order valence-electron chi connectivity index (χ0n) is 23.2. The Hall–Kier alpha value is -4.43. The third-order valence-corrected chi connectivity index (χ3v) is 6.14. The Labute approximate surface area is 237 Å². The fraction of sp³-hybridized carbons (Fsp3) is 0.407. The molecule has 3 heterocycles. The van der Waals surface area contributed by atoms with Gasteiger partial charge in [0.15, 0.2) is 17.4 Å². The van der Waals surface area contributed by atoms with Gasteiger partial charge in [0.2, 0.25) is 0 Å². The lowest BCUT2D eigenvalue weighted by atomic mass is 9.89. The molecule has 0 saturated carbocycles. The Balaban J connectivity index is 0.000000616. The van der Waals surface area contributed by atoms with E-state index in [1.165, 1.54) is 11.1 Å². The summed E-state index contributed by atoms with van der Waals surface area (Å²) in [6, 6.07) is 4.64. The number of aromatic nitrogens is 3. The van der Waals surface area contributed by atoms with Gasteiger partial charge in [-0.25, -0.2) is 28.5 Å². The van der Waals surface area contributed by atoms with Gasteiger partial charge in [-0.2, -0.15) is 13.2 Å². The maximum Gasteiger partial charge on any atom is 0.490 e. The number of nitrogens with zero attached hydrogens (tertiary/aromatic N) is 5. The number of aliphatic carboxylic acids is 1. The summed E-state index contributed by atoms with van der Waals surface area (Å²) < 4.78 is 58.9. The standard InChI is InChI=1S/C25H28F2N6O2.C2HF3O2/c1-14(2)29-23-24(31-21-13-28-20(12-19(21)30-23)25(35)32(3)4)33-7-5-15(6-8-33)22(34)16-9-17(26)11-18(27)10-16;3-2(4,5)1(6)7/h9-15H,5-8H2,1-4H3,(H,29,30);(H,6,7). The Bertz CT molecular complexity index is 1450. The van der Waals surface area contributed by atoms with E-state index in [1.54, 1.807) is 20.2 Å². The number of pyridine rings is 1. The molecule has 0 atom stereocenters. The molecule has 3 aromatic rings. The van der Waals surface area contributed by atoms with Crippen LogP contribution in [0, 0.1) is 17.6 Å². The van der Waals surface area contributed by atoms with Crippen LogP contribution in [0.2, 0.25) is 0 Å². The van der Waals surface area contributed by atoms with E-state index < -0.39 is 23.8 Å². The minimum absolute atomic E-state index is 0.0581. The number of ketones is 1. The normalized spacial score (nSPS) is 13.9. The van der Waals surface area contributed by atoms with Gasteiger partial charge in [-0.3, -0.25) is 9.59 Å². The van der Waals surface area contributed by atoms with Crippen LogP contribution in [0.1, 0.15) is 47.5 Å². The minimum Gasteiger partial charge on any atom is -0.475 e. The number of benzene rings is 1. The molecule has 0 unspecified atom stereocenters. The summed E-state index contributed by atoms with van der Waals surface area (Å²) in [6.45, 7) is 5.05. The van der Waals surface area contributed by atoms with Crippen LogP contribution in [0.3, 0.4) is 0 Å². The highest BCUT2D eigenvalue weighted by molar-refractivity contribution is 5.98. The summed E-state index contributed by atoms with van der Waals surface area (Å²) in [7, 11) is 3.32. The molecule has 2 N–H and O–H groups in total. The van der Waals surface area contributed by atoms with Gasteiger partial charge >= 0.3 is 12.1 Å². The third kappa shape index (κ3) is 8.07. The number of carboxylic acid groups (broad SMARTS) is 1. The molecule has 4 rings (SSSR count). The molecule has 15 heteroatoms. The molecule has 0 bridgehead atoms. The second kappa shape index (κ2) is 13.0. The van der Waals surface area contributed by atoms with Gasteiger partial charge < -0.3 is 20.2 Å². The Morgan fingerprint density at radius 2 is 1.57 bits per heavy atom. The number of carboxylic acids is 1. The molecular formula is C27H29F5N6O4. The van der Waals surface area contributed by atoms with Gasteiger partial charge in [0, 0.05) is 50.8 Å². The number of carbonyl (C=O) groups is 3. The number of amides is 1. The van der Waals surface area contributed by atoms with Crippen molar-refractivity contribution in [1.29, 1.82) is 0 Å². The molecule has 1 saturated heterocycles. The lowest BCUT2D eigenvalue weighted by molar-refractivity contribution is -0.192. The van der Waals surface area contributed by atoms with E-state index in [1.807, 2.05) is 18.7 Å². The number of alkyl halides is 3. The molecule has 2 aromatic heterocycles.